The first-order valence-corrected chi connectivity index (χ1v) is 6.79. The summed E-state index contributed by atoms with van der Waals surface area (Å²) in [6, 6.07) is 10.1. The minimum absolute atomic E-state index is 0.555. The third kappa shape index (κ3) is 2.39. The molecule has 2 aromatic heterocycles. The van der Waals surface area contributed by atoms with E-state index in [1.807, 2.05) is 36.0 Å². The average molecular weight is 286 g/mol. The summed E-state index contributed by atoms with van der Waals surface area (Å²) in [5.74, 6) is 0.555. The molecule has 102 valence electrons. The van der Waals surface area contributed by atoms with Gasteiger partial charge in [-0.05, 0) is 17.7 Å². The molecule has 1 N–H and O–H groups in total. The third-order valence-corrected chi connectivity index (χ3v) is 3.44. The van der Waals surface area contributed by atoms with Gasteiger partial charge in [0, 0.05) is 6.20 Å². The minimum atomic E-state index is 0.555. The molecule has 0 bridgehead atoms. The second-order valence-corrected chi connectivity index (χ2v) is 4.75. The molecule has 2 heterocycles. The highest BCUT2D eigenvalue weighted by molar-refractivity contribution is 7.71. The maximum absolute atomic E-state index is 5.47. The first-order valence-electron chi connectivity index (χ1n) is 6.38. The van der Waals surface area contributed by atoms with Crippen LogP contribution >= 0.6 is 12.2 Å². The molecular formula is C13H14N6S. The summed E-state index contributed by atoms with van der Waals surface area (Å²) in [5.41, 5.74) is 1.98. The lowest BCUT2D eigenvalue weighted by molar-refractivity contribution is 0.552. The maximum atomic E-state index is 5.47. The zero-order valence-electron chi connectivity index (χ0n) is 11.0. The number of aryl methyl sites for hydroxylation is 1. The van der Waals surface area contributed by atoms with Gasteiger partial charge in [0.05, 0.1) is 18.7 Å². The Bertz CT molecular complexity index is 755. The number of benzene rings is 1. The fourth-order valence-electron chi connectivity index (χ4n) is 1.94. The Hall–Kier alpha value is -2.28. The molecule has 3 aromatic rings. The quantitative estimate of drug-likeness (QED) is 0.747. The average Bonchev–Trinajstić information content (AvgIpc) is 3.08. The summed E-state index contributed by atoms with van der Waals surface area (Å²) < 4.78 is 2.58. The molecule has 0 saturated heterocycles. The van der Waals surface area contributed by atoms with Crippen LogP contribution in [0.4, 0.5) is 0 Å². The second-order valence-electron chi connectivity index (χ2n) is 4.37. The van der Waals surface area contributed by atoms with Crippen LogP contribution in [0, 0.1) is 4.64 Å². The lowest BCUT2D eigenvalue weighted by atomic mass is 10.2. The van der Waals surface area contributed by atoms with E-state index < -0.39 is 0 Å². The van der Waals surface area contributed by atoms with Crippen LogP contribution in [0.15, 0.2) is 36.5 Å². The highest BCUT2D eigenvalue weighted by Crippen LogP contribution is 2.16. The lowest BCUT2D eigenvalue weighted by Gasteiger charge is -2.02. The van der Waals surface area contributed by atoms with Crippen molar-refractivity contribution in [3.63, 3.8) is 0 Å². The lowest BCUT2D eigenvalue weighted by Crippen LogP contribution is -2.01. The maximum Gasteiger partial charge on any atom is 0.209 e. The number of hydrogen-bond donors (Lipinski definition) is 1. The van der Waals surface area contributed by atoms with Gasteiger partial charge in [0.15, 0.2) is 0 Å². The van der Waals surface area contributed by atoms with Crippen molar-refractivity contribution < 1.29 is 0 Å². The van der Waals surface area contributed by atoms with Crippen molar-refractivity contribution in [1.82, 2.24) is 30.0 Å². The topological polar surface area (TPSA) is 64.3 Å². The molecule has 0 unspecified atom stereocenters. The predicted octanol–water partition coefficient (Wildman–Crippen LogP) is 2.27. The Morgan fingerprint density at radius 2 is 2.05 bits per heavy atom. The van der Waals surface area contributed by atoms with E-state index in [1.54, 1.807) is 4.80 Å². The van der Waals surface area contributed by atoms with E-state index in [-0.39, 0.29) is 0 Å². The molecule has 0 saturated carbocycles. The van der Waals surface area contributed by atoms with Gasteiger partial charge in [0.1, 0.15) is 4.64 Å². The molecule has 0 radical (unpaired) electrons. The molecule has 20 heavy (non-hydrogen) atoms. The monoisotopic (exact) mass is 286 g/mol. The largest absolute Gasteiger partial charge is 0.304 e. The number of rotatable bonds is 4. The molecule has 0 amide bonds. The Balaban J connectivity index is 1.91. The van der Waals surface area contributed by atoms with E-state index in [1.165, 1.54) is 5.56 Å². The standard InChI is InChI=1S/C13H14N6S/c1-2-19-16-12(15-17-19)11-8-14-18(13(11)20)9-10-6-4-3-5-7-10/h3-8,14H,2,9H2,1H3. The van der Waals surface area contributed by atoms with Crippen LogP contribution in [0.25, 0.3) is 11.4 Å². The minimum Gasteiger partial charge on any atom is -0.304 e. The van der Waals surface area contributed by atoms with Gasteiger partial charge in [-0.3, -0.25) is 4.68 Å². The summed E-state index contributed by atoms with van der Waals surface area (Å²) in [4.78, 5) is 1.54. The van der Waals surface area contributed by atoms with Crippen LogP contribution in [0.2, 0.25) is 0 Å². The van der Waals surface area contributed by atoms with Crippen LogP contribution in [0.1, 0.15) is 12.5 Å². The van der Waals surface area contributed by atoms with Crippen molar-refractivity contribution in [3.8, 4) is 11.4 Å². The molecule has 0 atom stereocenters. The molecule has 6 nitrogen and oxygen atoms in total. The van der Waals surface area contributed by atoms with E-state index in [2.05, 4.69) is 32.6 Å². The smallest absolute Gasteiger partial charge is 0.209 e. The third-order valence-electron chi connectivity index (χ3n) is 3.00. The zero-order valence-corrected chi connectivity index (χ0v) is 11.8. The molecule has 0 aliphatic rings. The second kappa shape index (κ2) is 5.38. The van der Waals surface area contributed by atoms with Crippen molar-refractivity contribution in [2.45, 2.75) is 20.0 Å². The van der Waals surface area contributed by atoms with Gasteiger partial charge in [0.25, 0.3) is 0 Å². The van der Waals surface area contributed by atoms with Gasteiger partial charge in [-0.1, -0.05) is 42.5 Å². The van der Waals surface area contributed by atoms with Gasteiger partial charge in [-0.2, -0.15) is 4.80 Å². The highest BCUT2D eigenvalue weighted by Gasteiger charge is 2.11. The van der Waals surface area contributed by atoms with Crippen molar-refractivity contribution in [3.05, 3.63) is 46.7 Å². The summed E-state index contributed by atoms with van der Waals surface area (Å²) in [6.07, 6.45) is 1.82. The molecule has 0 fully saturated rings. The molecule has 0 spiro atoms. The fraction of sp³-hybridized carbons (Fsp3) is 0.231. The first-order chi connectivity index (χ1) is 9.78. The Morgan fingerprint density at radius 3 is 2.75 bits per heavy atom. The number of H-pyrrole nitrogens is 1. The Kier molecular flexibility index (Phi) is 3.42. The van der Waals surface area contributed by atoms with E-state index in [9.17, 15) is 0 Å². The van der Waals surface area contributed by atoms with Gasteiger partial charge in [-0.15, -0.1) is 10.2 Å². The first kappa shape index (κ1) is 12.7. The van der Waals surface area contributed by atoms with Crippen LogP contribution in [-0.2, 0) is 13.1 Å². The molecule has 7 heteroatoms. The van der Waals surface area contributed by atoms with E-state index in [0.29, 0.717) is 23.6 Å². The number of aromatic nitrogens is 6. The Morgan fingerprint density at radius 1 is 1.25 bits per heavy atom. The van der Waals surface area contributed by atoms with Crippen LogP contribution in [-0.4, -0.2) is 30.0 Å². The summed E-state index contributed by atoms with van der Waals surface area (Å²) in [7, 11) is 0. The number of nitrogens with zero attached hydrogens (tertiary/aromatic N) is 5. The van der Waals surface area contributed by atoms with E-state index >= 15 is 0 Å². The van der Waals surface area contributed by atoms with Crippen molar-refractivity contribution in [2.75, 3.05) is 0 Å². The van der Waals surface area contributed by atoms with Crippen molar-refractivity contribution in [2.24, 2.45) is 0 Å². The molecule has 1 aromatic carbocycles. The highest BCUT2D eigenvalue weighted by atomic mass is 32.1. The van der Waals surface area contributed by atoms with Gasteiger partial charge < -0.3 is 5.10 Å². The van der Waals surface area contributed by atoms with Gasteiger partial charge in [0.2, 0.25) is 5.82 Å². The summed E-state index contributed by atoms with van der Waals surface area (Å²) in [6.45, 7) is 3.35. The van der Waals surface area contributed by atoms with E-state index in [0.717, 1.165) is 5.56 Å². The van der Waals surface area contributed by atoms with Crippen molar-refractivity contribution >= 4 is 12.2 Å². The number of tetrazole rings is 1. The number of nitrogens with one attached hydrogen (secondary N) is 1. The van der Waals surface area contributed by atoms with Crippen LogP contribution in [0.5, 0.6) is 0 Å². The zero-order chi connectivity index (χ0) is 13.9. The molecule has 0 aliphatic heterocycles. The van der Waals surface area contributed by atoms with Gasteiger partial charge in [-0.25, -0.2) is 0 Å². The number of aromatic amines is 1. The molecular weight excluding hydrogens is 272 g/mol. The van der Waals surface area contributed by atoms with E-state index in [4.69, 9.17) is 12.2 Å². The normalized spacial score (nSPS) is 10.8. The summed E-state index contributed by atoms with van der Waals surface area (Å²) >= 11 is 5.47. The number of hydrogen-bond acceptors (Lipinski definition) is 4. The molecule has 3 rings (SSSR count). The van der Waals surface area contributed by atoms with Crippen molar-refractivity contribution in [1.29, 1.82) is 0 Å². The SMILES string of the molecule is CCn1nnc(-c2c[nH]n(Cc3ccccc3)c2=S)n1. The predicted molar refractivity (Wildman–Crippen MR) is 77.6 cm³/mol. The van der Waals surface area contributed by atoms with Gasteiger partial charge >= 0.3 is 0 Å². The van der Waals surface area contributed by atoms with Crippen LogP contribution in [0.3, 0.4) is 0 Å². The fourth-order valence-corrected chi connectivity index (χ4v) is 2.20. The van der Waals surface area contributed by atoms with Crippen LogP contribution < -0.4 is 0 Å². The molecule has 0 aliphatic carbocycles. The summed E-state index contributed by atoms with van der Waals surface area (Å²) in [5, 5.41) is 15.4. The Labute approximate surface area is 121 Å².